The Labute approximate surface area is 141 Å². The van der Waals surface area contributed by atoms with Gasteiger partial charge in [0.05, 0.1) is 0 Å². The second kappa shape index (κ2) is 6.27. The number of pyridine rings is 1. The largest absolute Gasteiger partial charge is 0.320 e. The van der Waals surface area contributed by atoms with E-state index < -0.39 is 0 Å². The number of anilines is 1. The van der Waals surface area contributed by atoms with E-state index in [0.29, 0.717) is 11.5 Å². The van der Waals surface area contributed by atoms with Gasteiger partial charge in [-0.2, -0.15) is 0 Å². The van der Waals surface area contributed by atoms with Gasteiger partial charge in [-0.3, -0.25) is 9.36 Å². The molecule has 5 nitrogen and oxygen atoms in total. The number of aromatic nitrogens is 3. The summed E-state index contributed by atoms with van der Waals surface area (Å²) in [6.07, 6.45) is 5.10. The molecule has 1 amide bonds. The average molecular weight is 404 g/mol. The highest BCUT2D eigenvalue weighted by molar-refractivity contribution is 14.1. The number of carbonyl (C=O) groups is 1. The first-order valence-corrected chi connectivity index (χ1v) is 7.75. The second-order valence-electron chi connectivity index (χ2n) is 4.72. The smallest absolute Gasteiger partial charge is 0.274 e. The van der Waals surface area contributed by atoms with Crippen molar-refractivity contribution in [3.05, 3.63) is 69.9 Å². The number of halogens is 1. The summed E-state index contributed by atoms with van der Waals surface area (Å²) in [5.74, 6) is 0.427. The monoisotopic (exact) mass is 404 g/mol. The van der Waals surface area contributed by atoms with Crippen LogP contribution in [0.4, 0.5) is 5.69 Å². The van der Waals surface area contributed by atoms with E-state index in [2.05, 4.69) is 37.9 Å². The van der Waals surface area contributed by atoms with Crippen molar-refractivity contribution < 1.29 is 4.79 Å². The number of hydrogen-bond donors (Lipinski definition) is 1. The predicted molar refractivity (Wildman–Crippen MR) is 93.2 cm³/mol. The fraction of sp³-hybridized carbons (Fsp3) is 0.0625. The Morgan fingerprint density at radius 2 is 2.05 bits per heavy atom. The van der Waals surface area contributed by atoms with Crippen LogP contribution in [-0.2, 0) is 0 Å². The lowest BCUT2D eigenvalue weighted by atomic mass is 10.2. The normalized spacial score (nSPS) is 10.5. The topological polar surface area (TPSA) is 59.8 Å². The van der Waals surface area contributed by atoms with Crippen LogP contribution in [0.1, 0.15) is 16.1 Å². The lowest BCUT2D eigenvalue weighted by Crippen LogP contribution is -2.15. The Kier molecular flexibility index (Phi) is 4.19. The van der Waals surface area contributed by atoms with Gasteiger partial charge in [0.1, 0.15) is 17.8 Å². The highest BCUT2D eigenvalue weighted by Gasteiger charge is 2.11. The molecule has 0 saturated carbocycles. The van der Waals surface area contributed by atoms with Crippen LogP contribution >= 0.6 is 22.6 Å². The Balaban J connectivity index is 1.87. The molecule has 0 atom stereocenters. The molecule has 0 bridgehead atoms. The minimum atomic E-state index is -0.230. The molecule has 3 rings (SSSR count). The molecular weight excluding hydrogens is 391 g/mol. The molecule has 6 heteroatoms. The summed E-state index contributed by atoms with van der Waals surface area (Å²) in [5.41, 5.74) is 2.21. The summed E-state index contributed by atoms with van der Waals surface area (Å²) >= 11 is 2.25. The Hall–Kier alpha value is -2.22. The first-order chi connectivity index (χ1) is 10.6. The molecule has 1 N–H and O–H groups in total. The fourth-order valence-electron chi connectivity index (χ4n) is 2.02. The number of carbonyl (C=O) groups excluding carboxylic acids is 1. The van der Waals surface area contributed by atoms with Crippen molar-refractivity contribution in [3.63, 3.8) is 0 Å². The molecule has 0 aliphatic carbocycles. The zero-order chi connectivity index (χ0) is 15.5. The van der Waals surface area contributed by atoms with Gasteiger partial charge in [-0.05, 0) is 59.3 Å². The van der Waals surface area contributed by atoms with E-state index in [1.54, 1.807) is 35.4 Å². The maximum absolute atomic E-state index is 12.4. The highest BCUT2D eigenvalue weighted by atomic mass is 127. The number of amides is 1. The fourth-order valence-corrected chi connectivity index (χ4v) is 2.52. The molecule has 2 aromatic heterocycles. The van der Waals surface area contributed by atoms with Crippen molar-refractivity contribution in [2.45, 2.75) is 6.92 Å². The van der Waals surface area contributed by atoms with E-state index in [0.717, 1.165) is 14.8 Å². The Morgan fingerprint density at radius 3 is 2.82 bits per heavy atom. The molecule has 22 heavy (non-hydrogen) atoms. The quantitative estimate of drug-likeness (QED) is 0.681. The number of nitrogens with one attached hydrogen (secondary N) is 1. The molecule has 0 aliphatic heterocycles. The molecule has 2 heterocycles. The molecule has 1 aromatic carbocycles. The maximum Gasteiger partial charge on any atom is 0.274 e. The maximum atomic E-state index is 12.4. The van der Waals surface area contributed by atoms with Gasteiger partial charge in [0.2, 0.25) is 0 Å². The highest BCUT2D eigenvalue weighted by Crippen LogP contribution is 2.20. The summed E-state index contributed by atoms with van der Waals surface area (Å²) in [6.45, 7) is 1.98. The van der Waals surface area contributed by atoms with Crippen LogP contribution < -0.4 is 5.32 Å². The van der Waals surface area contributed by atoms with E-state index >= 15 is 0 Å². The van der Waals surface area contributed by atoms with Gasteiger partial charge in [-0.25, -0.2) is 9.97 Å². The third-order valence-electron chi connectivity index (χ3n) is 3.25. The van der Waals surface area contributed by atoms with Crippen molar-refractivity contribution in [2.24, 2.45) is 0 Å². The number of benzene rings is 1. The van der Waals surface area contributed by atoms with Gasteiger partial charge in [-0.15, -0.1) is 0 Å². The van der Waals surface area contributed by atoms with Crippen LogP contribution in [0, 0.1) is 10.5 Å². The van der Waals surface area contributed by atoms with Crippen molar-refractivity contribution in [1.82, 2.24) is 14.5 Å². The minimum Gasteiger partial charge on any atom is -0.320 e. The van der Waals surface area contributed by atoms with Crippen LogP contribution in [-0.4, -0.2) is 20.4 Å². The summed E-state index contributed by atoms with van der Waals surface area (Å²) in [5, 5.41) is 2.91. The molecule has 0 radical (unpaired) electrons. The van der Waals surface area contributed by atoms with E-state index in [9.17, 15) is 4.79 Å². The summed E-state index contributed by atoms with van der Waals surface area (Å²) < 4.78 is 2.86. The van der Waals surface area contributed by atoms with E-state index in [1.807, 2.05) is 31.2 Å². The number of imidazole rings is 1. The summed E-state index contributed by atoms with van der Waals surface area (Å²) in [4.78, 5) is 20.8. The van der Waals surface area contributed by atoms with Gasteiger partial charge in [-0.1, -0.05) is 12.1 Å². The van der Waals surface area contributed by atoms with E-state index in [-0.39, 0.29) is 5.91 Å². The molecular formula is C16H13IN4O. The molecule has 0 spiro atoms. The van der Waals surface area contributed by atoms with Gasteiger partial charge >= 0.3 is 0 Å². The van der Waals surface area contributed by atoms with Crippen LogP contribution in [0.15, 0.2) is 55.1 Å². The van der Waals surface area contributed by atoms with Crippen LogP contribution in [0.5, 0.6) is 0 Å². The van der Waals surface area contributed by atoms with Crippen LogP contribution in [0.25, 0.3) is 5.82 Å². The van der Waals surface area contributed by atoms with Crippen molar-refractivity contribution >= 4 is 34.2 Å². The van der Waals surface area contributed by atoms with Crippen LogP contribution in [0.3, 0.4) is 0 Å². The second-order valence-corrected chi connectivity index (χ2v) is 5.88. The first-order valence-electron chi connectivity index (χ1n) is 6.67. The predicted octanol–water partition coefficient (Wildman–Crippen LogP) is 3.43. The van der Waals surface area contributed by atoms with E-state index in [1.165, 1.54) is 0 Å². The van der Waals surface area contributed by atoms with Gasteiger partial charge in [0.25, 0.3) is 5.91 Å². The third kappa shape index (κ3) is 3.01. The number of nitrogens with zero attached hydrogens (tertiary/aromatic N) is 3. The molecule has 0 fully saturated rings. The lowest BCUT2D eigenvalue weighted by molar-refractivity contribution is 0.102. The number of rotatable bonds is 3. The van der Waals surface area contributed by atoms with Gasteiger partial charge in [0.15, 0.2) is 0 Å². The van der Waals surface area contributed by atoms with Crippen molar-refractivity contribution in [3.8, 4) is 5.82 Å². The zero-order valence-corrected chi connectivity index (χ0v) is 14.0. The molecule has 3 aromatic rings. The molecule has 0 saturated heterocycles. The Morgan fingerprint density at radius 1 is 1.23 bits per heavy atom. The summed E-state index contributed by atoms with van der Waals surface area (Å²) in [7, 11) is 0. The zero-order valence-electron chi connectivity index (χ0n) is 11.8. The molecule has 0 unspecified atom stereocenters. The minimum absolute atomic E-state index is 0.230. The van der Waals surface area contributed by atoms with E-state index in [4.69, 9.17) is 0 Å². The third-order valence-corrected chi connectivity index (χ3v) is 4.42. The first kappa shape index (κ1) is 14.7. The van der Waals surface area contributed by atoms with Crippen molar-refractivity contribution in [2.75, 3.05) is 5.32 Å². The number of hydrogen-bond acceptors (Lipinski definition) is 3. The van der Waals surface area contributed by atoms with Gasteiger partial charge in [0, 0.05) is 21.7 Å². The standard InChI is InChI=1S/C16H13IN4O/c1-11-12(17)4-2-5-13(11)20-16(22)14-6-3-7-15(19-14)21-9-8-18-10-21/h2-10H,1H3,(H,20,22). The average Bonchev–Trinajstić information content (AvgIpc) is 3.06. The lowest BCUT2D eigenvalue weighted by Gasteiger charge is -2.10. The summed E-state index contributed by atoms with van der Waals surface area (Å²) in [6, 6.07) is 11.1. The molecule has 0 aliphatic rings. The van der Waals surface area contributed by atoms with Crippen LogP contribution in [0.2, 0.25) is 0 Å². The Bertz CT molecular complexity index is 815. The molecule has 110 valence electrons. The van der Waals surface area contributed by atoms with Gasteiger partial charge < -0.3 is 5.32 Å². The van der Waals surface area contributed by atoms with Crippen molar-refractivity contribution in [1.29, 1.82) is 0 Å². The SMILES string of the molecule is Cc1c(I)cccc1NC(=O)c1cccc(-n2ccnc2)n1.